The monoisotopic (exact) mass is 217 g/mol. The van der Waals surface area contributed by atoms with Crippen molar-refractivity contribution in [3.05, 3.63) is 23.1 Å². The molecule has 0 aliphatic heterocycles. The van der Waals surface area contributed by atoms with Crippen LogP contribution in [0.4, 0.5) is 0 Å². The fraction of sp³-hybridized carbons (Fsp3) is 0.385. The van der Waals surface area contributed by atoms with Crippen molar-refractivity contribution in [1.82, 2.24) is 9.55 Å². The van der Waals surface area contributed by atoms with Crippen LogP contribution in [0.3, 0.4) is 0 Å². The van der Waals surface area contributed by atoms with Crippen LogP contribution in [-0.4, -0.2) is 15.3 Å². The summed E-state index contributed by atoms with van der Waals surface area (Å²) >= 11 is 0. The summed E-state index contributed by atoms with van der Waals surface area (Å²) in [4.78, 5) is 8.89. The number of nitrogens with zero attached hydrogens (tertiary/aromatic N) is 3. The second-order valence-corrected chi connectivity index (χ2v) is 4.17. The van der Waals surface area contributed by atoms with Gasteiger partial charge in [0.2, 0.25) is 0 Å². The van der Waals surface area contributed by atoms with Crippen molar-refractivity contribution in [3.8, 4) is 0 Å². The maximum absolute atomic E-state index is 4.48. The Morgan fingerprint density at radius 3 is 2.19 bits per heavy atom. The lowest BCUT2D eigenvalue weighted by molar-refractivity contribution is 0.970. The van der Waals surface area contributed by atoms with Gasteiger partial charge in [-0.3, -0.25) is 4.99 Å². The highest BCUT2D eigenvalue weighted by Crippen LogP contribution is 1.98. The molecule has 0 radical (unpaired) electrons. The van der Waals surface area contributed by atoms with E-state index >= 15 is 0 Å². The Balaban J connectivity index is 3.62. The highest BCUT2D eigenvalue weighted by molar-refractivity contribution is 5.82. The first-order valence-electron chi connectivity index (χ1n) is 5.27. The molecule has 0 atom stereocenters. The number of aliphatic imine (C=N–C) groups is 1. The Kier molecular flexibility index (Phi) is 3.48. The molecule has 3 nitrogen and oxygen atoms in total. The molecule has 0 saturated heterocycles. The number of aromatic nitrogens is 2. The van der Waals surface area contributed by atoms with E-state index in [9.17, 15) is 0 Å². The Morgan fingerprint density at radius 1 is 1.25 bits per heavy atom. The smallest absolute Gasteiger partial charge is 0.111 e. The van der Waals surface area contributed by atoms with Crippen molar-refractivity contribution in [3.63, 3.8) is 0 Å². The molecular weight excluding hydrogens is 198 g/mol. The lowest BCUT2D eigenvalue weighted by Gasteiger charge is -2.01. The molecule has 0 aromatic carbocycles. The highest BCUT2D eigenvalue weighted by Gasteiger charge is 2.04. The third-order valence-corrected chi connectivity index (χ3v) is 2.26. The Bertz CT molecular complexity index is 555. The van der Waals surface area contributed by atoms with E-state index in [2.05, 4.69) is 23.1 Å². The number of hydrogen-bond donors (Lipinski definition) is 0. The molecule has 86 valence electrons. The van der Waals surface area contributed by atoms with E-state index < -0.39 is 0 Å². The van der Waals surface area contributed by atoms with E-state index in [4.69, 9.17) is 0 Å². The second kappa shape index (κ2) is 4.47. The van der Waals surface area contributed by atoms with Gasteiger partial charge in [-0.2, -0.15) is 0 Å². The number of rotatable bonds is 2. The number of allylic oxidation sites excluding steroid dienone is 1. The van der Waals surface area contributed by atoms with Crippen LogP contribution in [0.5, 0.6) is 0 Å². The van der Waals surface area contributed by atoms with Gasteiger partial charge in [0.25, 0.3) is 0 Å². The van der Waals surface area contributed by atoms with Crippen molar-refractivity contribution >= 4 is 23.7 Å². The Hall–Kier alpha value is -1.64. The minimum absolute atomic E-state index is 0.849. The molecule has 3 heteroatoms. The van der Waals surface area contributed by atoms with E-state index in [1.807, 2.05) is 39.2 Å². The van der Waals surface area contributed by atoms with Crippen LogP contribution in [0.2, 0.25) is 0 Å². The first kappa shape index (κ1) is 12.4. The van der Waals surface area contributed by atoms with Crippen molar-refractivity contribution in [2.45, 2.75) is 34.6 Å². The zero-order valence-electron chi connectivity index (χ0n) is 10.8. The largest absolute Gasteiger partial charge is 0.302 e. The maximum Gasteiger partial charge on any atom is 0.111 e. The van der Waals surface area contributed by atoms with E-state index in [1.165, 1.54) is 0 Å². The van der Waals surface area contributed by atoms with Gasteiger partial charge in [0.15, 0.2) is 0 Å². The molecule has 0 spiro atoms. The predicted molar refractivity (Wildman–Crippen MR) is 70.6 cm³/mol. The van der Waals surface area contributed by atoms with Crippen molar-refractivity contribution < 1.29 is 0 Å². The molecule has 0 aliphatic rings. The number of hydrogen-bond acceptors (Lipinski definition) is 2. The zero-order valence-corrected chi connectivity index (χ0v) is 10.8. The molecule has 1 heterocycles. The average molecular weight is 217 g/mol. The summed E-state index contributed by atoms with van der Waals surface area (Å²) in [5, 5.41) is 1.70. The predicted octanol–water partition coefficient (Wildman–Crippen LogP) is 1.70. The van der Waals surface area contributed by atoms with Crippen molar-refractivity contribution in [2.75, 3.05) is 0 Å². The molecule has 1 aromatic heterocycles. The minimum atomic E-state index is 0.849. The van der Waals surface area contributed by atoms with E-state index in [1.54, 1.807) is 0 Å². The lowest BCUT2D eigenvalue weighted by atomic mass is 10.4. The van der Waals surface area contributed by atoms with Crippen LogP contribution < -0.4 is 10.7 Å². The van der Waals surface area contributed by atoms with Crippen molar-refractivity contribution in [1.29, 1.82) is 0 Å². The van der Waals surface area contributed by atoms with Crippen LogP contribution in [-0.2, 0) is 0 Å². The maximum atomic E-state index is 4.48. The molecule has 0 amide bonds. The van der Waals surface area contributed by atoms with E-state index in [0.29, 0.717) is 0 Å². The first-order chi connectivity index (χ1) is 7.34. The summed E-state index contributed by atoms with van der Waals surface area (Å²) < 4.78 is 1.94. The third kappa shape index (κ3) is 2.30. The van der Waals surface area contributed by atoms with Gasteiger partial charge >= 0.3 is 0 Å². The minimum Gasteiger partial charge on any atom is -0.302 e. The van der Waals surface area contributed by atoms with Gasteiger partial charge in [-0.25, -0.2) is 4.98 Å². The standard InChI is InChI=1S/C13H19N3/c1-8(2)14-10(5)13-11(6)16(9(3)4)12(7)15-13/h3,6H2,1-2,4-5,7H3/b13-10+. The van der Waals surface area contributed by atoms with Gasteiger partial charge in [-0.1, -0.05) is 13.2 Å². The van der Waals surface area contributed by atoms with Gasteiger partial charge in [0.1, 0.15) is 11.2 Å². The summed E-state index contributed by atoms with van der Waals surface area (Å²) in [6.07, 6.45) is 0. The van der Waals surface area contributed by atoms with E-state index in [0.717, 1.165) is 33.6 Å². The summed E-state index contributed by atoms with van der Waals surface area (Å²) in [5.74, 6) is 0.899. The van der Waals surface area contributed by atoms with Gasteiger partial charge in [-0.15, -0.1) is 0 Å². The highest BCUT2D eigenvalue weighted by atomic mass is 15.1. The van der Waals surface area contributed by atoms with E-state index in [-0.39, 0.29) is 0 Å². The molecule has 16 heavy (non-hydrogen) atoms. The van der Waals surface area contributed by atoms with Crippen molar-refractivity contribution in [2.24, 2.45) is 4.99 Å². The molecule has 1 rings (SSSR count). The molecule has 1 aromatic rings. The summed E-state index contributed by atoms with van der Waals surface area (Å²) in [7, 11) is 0. The summed E-state index contributed by atoms with van der Waals surface area (Å²) in [5.41, 5.74) is 2.83. The van der Waals surface area contributed by atoms with Gasteiger partial charge in [0, 0.05) is 11.4 Å². The van der Waals surface area contributed by atoms with Gasteiger partial charge < -0.3 is 4.57 Å². The Labute approximate surface area is 96.5 Å². The summed E-state index contributed by atoms with van der Waals surface area (Å²) in [6.45, 7) is 17.7. The molecular formula is C13H19N3. The van der Waals surface area contributed by atoms with Crippen LogP contribution in [0, 0.1) is 6.92 Å². The number of imidazole rings is 1. The van der Waals surface area contributed by atoms with Crippen LogP contribution >= 0.6 is 0 Å². The molecule has 0 unspecified atom stereocenters. The third-order valence-electron chi connectivity index (χ3n) is 2.26. The molecule has 0 aliphatic carbocycles. The quantitative estimate of drug-likeness (QED) is 0.693. The molecule has 0 N–H and O–H groups in total. The van der Waals surface area contributed by atoms with Crippen LogP contribution in [0.1, 0.15) is 33.5 Å². The fourth-order valence-corrected chi connectivity index (χ4v) is 1.76. The molecule has 0 saturated carbocycles. The van der Waals surface area contributed by atoms with Gasteiger partial charge in [-0.05, 0) is 34.6 Å². The first-order valence-corrected chi connectivity index (χ1v) is 5.27. The SMILES string of the molecule is C=C(C)n1c(C)n/c(=C(\C)N=C(C)C)c1=C. The lowest BCUT2D eigenvalue weighted by Crippen LogP contribution is -2.29. The fourth-order valence-electron chi connectivity index (χ4n) is 1.76. The summed E-state index contributed by atoms with van der Waals surface area (Å²) in [6, 6.07) is 0. The molecule has 0 bridgehead atoms. The van der Waals surface area contributed by atoms with Crippen LogP contribution in [0.25, 0.3) is 18.0 Å². The molecule has 0 fully saturated rings. The topological polar surface area (TPSA) is 30.2 Å². The van der Waals surface area contributed by atoms with Gasteiger partial charge in [0.05, 0.1) is 11.0 Å². The zero-order chi connectivity index (χ0) is 12.5. The normalized spacial score (nSPS) is 12.3. The number of aryl methyl sites for hydroxylation is 1. The van der Waals surface area contributed by atoms with Crippen LogP contribution in [0.15, 0.2) is 11.6 Å². The Morgan fingerprint density at radius 2 is 1.81 bits per heavy atom. The second-order valence-electron chi connectivity index (χ2n) is 4.17. The average Bonchev–Trinajstić information content (AvgIpc) is 2.40.